The molecule has 0 amide bonds. The molecule has 0 N–H and O–H groups in total. The quantitative estimate of drug-likeness (QED) is 0.247. The maximum absolute atomic E-state index is 2.44. The Hall–Kier alpha value is -2.20. The van der Waals surface area contributed by atoms with Gasteiger partial charge < -0.3 is 0 Å². The van der Waals surface area contributed by atoms with E-state index < -0.39 is 0 Å². The van der Waals surface area contributed by atoms with Crippen molar-refractivity contribution in [3.05, 3.63) is 82.7 Å². The number of rotatable bonds is 4. The van der Waals surface area contributed by atoms with Crippen LogP contribution in [0.4, 0.5) is 0 Å². The van der Waals surface area contributed by atoms with Gasteiger partial charge >= 0.3 is 0 Å². The van der Waals surface area contributed by atoms with Gasteiger partial charge in [-0.1, -0.05) is 63.2 Å². The van der Waals surface area contributed by atoms with Crippen molar-refractivity contribution in [2.75, 3.05) is 0 Å². The van der Waals surface area contributed by atoms with E-state index in [2.05, 4.69) is 87.5 Å². The summed E-state index contributed by atoms with van der Waals surface area (Å²) in [6.07, 6.45) is 1.11. The minimum absolute atomic E-state index is 0.515. The third-order valence-electron chi connectivity index (χ3n) is 6.37. The van der Waals surface area contributed by atoms with Crippen LogP contribution in [-0.2, 0) is 6.42 Å². The molecule has 1 unspecified atom stereocenters. The van der Waals surface area contributed by atoms with E-state index in [1.807, 2.05) is 34.0 Å². The molecule has 31 heavy (non-hydrogen) atoms. The molecule has 3 aromatic heterocycles. The fourth-order valence-corrected chi connectivity index (χ4v) is 8.42. The minimum Gasteiger partial charge on any atom is -0.139 e. The molecule has 0 saturated carbocycles. The molecule has 0 spiro atoms. The highest BCUT2D eigenvalue weighted by atomic mass is 32.1. The van der Waals surface area contributed by atoms with Gasteiger partial charge in [-0.15, -0.1) is 34.0 Å². The smallest absolute Gasteiger partial charge is 0.0532 e. The normalized spacial score (nSPS) is 13.3. The summed E-state index contributed by atoms with van der Waals surface area (Å²) in [6, 6.07) is 25.3. The Morgan fingerprint density at radius 2 is 1.29 bits per heavy atom. The summed E-state index contributed by atoms with van der Waals surface area (Å²) in [5, 5.41) is 4.20. The van der Waals surface area contributed by atoms with E-state index in [0.29, 0.717) is 11.8 Å². The largest absolute Gasteiger partial charge is 0.139 e. The number of fused-ring (bicyclic) bond motifs is 6. The molecule has 0 fully saturated rings. The van der Waals surface area contributed by atoms with Crippen molar-refractivity contribution in [2.24, 2.45) is 0 Å². The van der Waals surface area contributed by atoms with Gasteiger partial charge in [-0.2, -0.15) is 0 Å². The monoisotopic (exact) mass is 456 g/mol. The lowest BCUT2D eigenvalue weighted by molar-refractivity contribution is 0.770. The topological polar surface area (TPSA) is 0 Å². The van der Waals surface area contributed by atoms with Gasteiger partial charge in [-0.05, 0) is 53.6 Å². The average molecular weight is 457 g/mol. The van der Waals surface area contributed by atoms with Crippen LogP contribution >= 0.6 is 34.0 Å². The third-order valence-corrected chi connectivity index (χ3v) is 9.92. The van der Waals surface area contributed by atoms with Crippen molar-refractivity contribution in [2.45, 2.75) is 39.0 Å². The highest BCUT2D eigenvalue weighted by Gasteiger charge is 2.15. The lowest BCUT2D eigenvalue weighted by Gasteiger charge is -2.11. The van der Waals surface area contributed by atoms with Gasteiger partial charge in [-0.25, -0.2) is 0 Å². The van der Waals surface area contributed by atoms with Crippen LogP contribution in [0.25, 0.3) is 39.7 Å². The van der Waals surface area contributed by atoms with Crippen LogP contribution < -0.4 is 0 Å². The fourth-order valence-electron chi connectivity index (χ4n) is 4.54. The summed E-state index contributed by atoms with van der Waals surface area (Å²) in [5.41, 5.74) is 2.88. The van der Waals surface area contributed by atoms with Crippen LogP contribution in [0.5, 0.6) is 0 Å². The second kappa shape index (κ2) is 7.44. The van der Waals surface area contributed by atoms with Gasteiger partial charge in [0.25, 0.3) is 0 Å². The first-order chi connectivity index (χ1) is 15.1. The van der Waals surface area contributed by atoms with Gasteiger partial charge in [0.2, 0.25) is 0 Å². The van der Waals surface area contributed by atoms with Gasteiger partial charge in [0.15, 0.2) is 0 Å². The molecule has 6 aromatic rings. The minimum atomic E-state index is 0.515. The molecule has 0 bridgehead atoms. The summed E-state index contributed by atoms with van der Waals surface area (Å²) in [5.74, 6) is 1.10. The maximum atomic E-state index is 2.44. The molecule has 3 heteroatoms. The Bertz CT molecular complexity index is 1560. The van der Waals surface area contributed by atoms with Gasteiger partial charge in [0, 0.05) is 39.8 Å². The SMILES string of the molecule is CC(C)c1ccc2c(c1)sc1cc(CC(C)c3ccc4c(c3)sc3ccccc34)sc12. The first-order valence-corrected chi connectivity index (χ1v) is 13.4. The summed E-state index contributed by atoms with van der Waals surface area (Å²) in [6.45, 7) is 6.91. The number of hydrogen-bond acceptors (Lipinski definition) is 3. The Morgan fingerprint density at radius 1 is 0.613 bits per heavy atom. The van der Waals surface area contributed by atoms with Crippen molar-refractivity contribution in [1.29, 1.82) is 0 Å². The average Bonchev–Trinajstić information content (AvgIpc) is 3.42. The van der Waals surface area contributed by atoms with E-state index >= 15 is 0 Å². The van der Waals surface area contributed by atoms with E-state index in [1.54, 1.807) is 0 Å². The van der Waals surface area contributed by atoms with E-state index in [-0.39, 0.29) is 0 Å². The summed E-state index contributed by atoms with van der Waals surface area (Å²) in [4.78, 5) is 1.50. The number of thiophene rings is 3. The van der Waals surface area contributed by atoms with Gasteiger partial charge in [0.05, 0.1) is 4.70 Å². The van der Waals surface area contributed by atoms with E-state index in [0.717, 1.165) is 6.42 Å². The van der Waals surface area contributed by atoms with Crippen LogP contribution in [0, 0.1) is 0 Å². The molecule has 6 rings (SSSR count). The van der Waals surface area contributed by atoms with Crippen molar-refractivity contribution < 1.29 is 0 Å². The molecule has 0 radical (unpaired) electrons. The molecule has 0 aliphatic rings. The number of benzene rings is 3. The Kier molecular flexibility index (Phi) is 4.68. The molecule has 0 aliphatic heterocycles. The summed E-state index contributed by atoms with van der Waals surface area (Å²) >= 11 is 5.86. The van der Waals surface area contributed by atoms with Crippen LogP contribution in [0.3, 0.4) is 0 Å². The Morgan fingerprint density at radius 3 is 2.16 bits per heavy atom. The van der Waals surface area contributed by atoms with Crippen LogP contribution in [0.15, 0.2) is 66.7 Å². The molecular weight excluding hydrogens is 433 g/mol. The second-order valence-electron chi connectivity index (χ2n) is 8.88. The molecule has 154 valence electrons. The molecule has 0 saturated heterocycles. The molecular formula is C28H24S3. The standard InChI is InChI=1S/C28H24S3/c1-16(2)18-8-11-23-26(13-18)31-27-15-20(29-28(23)27)12-17(3)19-9-10-22-21-6-4-5-7-24(21)30-25(22)14-19/h4-11,13-17H,12H2,1-3H3. The molecule has 3 aromatic carbocycles. The lowest BCUT2D eigenvalue weighted by atomic mass is 9.96. The van der Waals surface area contributed by atoms with Crippen LogP contribution in [0.1, 0.15) is 48.6 Å². The predicted molar refractivity (Wildman–Crippen MR) is 143 cm³/mol. The van der Waals surface area contributed by atoms with Gasteiger partial charge in [-0.3, -0.25) is 0 Å². The first kappa shape index (κ1) is 19.5. The zero-order valence-corrected chi connectivity index (χ0v) is 20.4. The molecule has 3 heterocycles. The third kappa shape index (κ3) is 3.31. The Labute approximate surface area is 194 Å². The number of hydrogen-bond donors (Lipinski definition) is 0. The fraction of sp³-hybridized carbons (Fsp3) is 0.214. The molecule has 0 aliphatic carbocycles. The highest BCUT2D eigenvalue weighted by molar-refractivity contribution is 7.32. The van der Waals surface area contributed by atoms with Crippen LogP contribution in [0.2, 0.25) is 0 Å². The first-order valence-electron chi connectivity index (χ1n) is 10.9. The summed E-state index contributed by atoms with van der Waals surface area (Å²) in [7, 11) is 0. The second-order valence-corrected chi connectivity index (χ2v) is 12.2. The predicted octanol–water partition coefficient (Wildman–Crippen LogP) is 9.95. The highest BCUT2D eigenvalue weighted by Crippen LogP contribution is 2.42. The van der Waals surface area contributed by atoms with E-state index in [4.69, 9.17) is 0 Å². The van der Waals surface area contributed by atoms with Crippen molar-refractivity contribution in [3.63, 3.8) is 0 Å². The van der Waals surface area contributed by atoms with E-state index in [1.165, 1.54) is 55.7 Å². The zero-order valence-electron chi connectivity index (χ0n) is 17.9. The van der Waals surface area contributed by atoms with Crippen molar-refractivity contribution >= 4 is 73.7 Å². The summed E-state index contributed by atoms with van der Waals surface area (Å²) < 4.78 is 7.14. The van der Waals surface area contributed by atoms with Crippen molar-refractivity contribution in [3.8, 4) is 0 Å². The van der Waals surface area contributed by atoms with Crippen molar-refractivity contribution in [1.82, 2.24) is 0 Å². The Balaban J connectivity index is 1.31. The molecule has 1 atom stereocenters. The lowest BCUT2D eigenvalue weighted by Crippen LogP contribution is -1.96. The zero-order chi connectivity index (χ0) is 21.1. The molecule has 0 nitrogen and oxygen atoms in total. The van der Waals surface area contributed by atoms with Gasteiger partial charge in [0.1, 0.15) is 0 Å². The maximum Gasteiger partial charge on any atom is 0.0532 e. The van der Waals surface area contributed by atoms with Crippen LogP contribution in [-0.4, -0.2) is 0 Å². The van der Waals surface area contributed by atoms with E-state index in [9.17, 15) is 0 Å².